The number of fused-ring (bicyclic) bond motifs is 1. The van der Waals surface area contributed by atoms with Gasteiger partial charge in [0.1, 0.15) is 5.60 Å². The standard InChI is InChI=1S/C15H24N4O4S/c1-15(5-3-4-8-23-15)14(20)16-10-12-9-13-11-18(24(2,21)22)6-7-19(13)17-12/h9H,3-8,10-11H2,1-2H3,(H,16,20). The highest BCUT2D eigenvalue weighted by Crippen LogP contribution is 2.24. The van der Waals surface area contributed by atoms with Crippen molar-refractivity contribution in [3.05, 3.63) is 17.5 Å². The Kier molecular flexibility index (Phi) is 4.67. The SMILES string of the molecule is CC1(C(=O)NCc2cc3n(n2)CCN(S(C)(=O)=O)C3)CCCCO1. The van der Waals surface area contributed by atoms with E-state index in [1.54, 1.807) is 0 Å². The van der Waals surface area contributed by atoms with E-state index in [1.165, 1.54) is 10.6 Å². The van der Waals surface area contributed by atoms with Gasteiger partial charge < -0.3 is 10.1 Å². The minimum atomic E-state index is -3.20. The van der Waals surface area contributed by atoms with E-state index in [0.717, 1.165) is 30.7 Å². The van der Waals surface area contributed by atoms with Crippen LogP contribution in [-0.2, 0) is 39.2 Å². The Hall–Kier alpha value is -1.45. The van der Waals surface area contributed by atoms with Crippen LogP contribution in [0, 0.1) is 0 Å². The second kappa shape index (κ2) is 6.45. The monoisotopic (exact) mass is 356 g/mol. The number of hydrogen-bond acceptors (Lipinski definition) is 5. The normalized spacial score (nSPS) is 25.2. The zero-order chi connectivity index (χ0) is 17.4. The summed E-state index contributed by atoms with van der Waals surface area (Å²) in [5.74, 6) is -0.120. The minimum absolute atomic E-state index is 0.120. The van der Waals surface area contributed by atoms with E-state index in [2.05, 4.69) is 10.4 Å². The molecule has 1 amide bonds. The molecule has 1 unspecified atom stereocenters. The number of carbonyl (C=O) groups excluding carboxylic acids is 1. The number of hydrogen-bond donors (Lipinski definition) is 1. The van der Waals surface area contributed by atoms with Gasteiger partial charge in [-0.15, -0.1) is 0 Å². The maximum atomic E-state index is 12.4. The molecule has 2 aliphatic rings. The fourth-order valence-electron chi connectivity index (χ4n) is 3.14. The van der Waals surface area contributed by atoms with Crippen molar-refractivity contribution in [1.82, 2.24) is 19.4 Å². The van der Waals surface area contributed by atoms with Crippen LogP contribution in [0.5, 0.6) is 0 Å². The Balaban J connectivity index is 1.62. The summed E-state index contributed by atoms with van der Waals surface area (Å²) >= 11 is 0. The van der Waals surface area contributed by atoms with Crippen LogP contribution < -0.4 is 5.32 Å². The van der Waals surface area contributed by atoms with Gasteiger partial charge in [-0.3, -0.25) is 9.48 Å². The van der Waals surface area contributed by atoms with Crippen molar-refractivity contribution in [2.75, 3.05) is 19.4 Å². The highest BCUT2D eigenvalue weighted by atomic mass is 32.2. The van der Waals surface area contributed by atoms with Gasteiger partial charge in [-0.25, -0.2) is 8.42 Å². The molecule has 0 radical (unpaired) electrons. The molecule has 3 rings (SSSR count). The third kappa shape index (κ3) is 3.62. The van der Waals surface area contributed by atoms with Gasteiger partial charge in [0.15, 0.2) is 0 Å². The molecule has 9 heteroatoms. The molecule has 2 aliphatic heterocycles. The number of nitrogens with one attached hydrogen (secondary N) is 1. The minimum Gasteiger partial charge on any atom is -0.365 e. The lowest BCUT2D eigenvalue weighted by Gasteiger charge is -2.32. The molecule has 1 atom stereocenters. The molecule has 1 fully saturated rings. The Morgan fingerprint density at radius 3 is 2.88 bits per heavy atom. The first-order valence-electron chi connectivity index (χ1n) is 8.21. The molecular formula is C15H24N4O4S. The second-order valence-corrected chi connectivity index (χ2v) is 8.65. The first-order valence-corrected chi connectivity index (χ1v) is 10.1. The summed E-state index contributed by atoms with van der Waals surface area (Å²) in [7, 11) is -3.20. The number of ether oxygens (including phenoxy) is 1. The molecule has 0 bridgehead atoms. The Morgan fingerprint density at radius 1 is 1.42 bits per heavy atom. The average molecular weight is 356 g/mol. The molecule has 1 aromatic rings. The summed E-state index contributed by atoms with van der Waals surface area (Å²) in [5.41, 5.74) is 0.814. The summed E-state index contributed by atoms with van der Waals surface area (Å²) in [6.07, 6.45) is 3.92. The van der Waals surface area contributed by atoms with Crippen LogP contribution in [0.3, 0.4) is 0 Å². The van der Waals surface area contributed by atoms with Gasteiger partial charge >= 0.3 is 0 Å². The first-order chi connectivity index (χ1) is 11.3. The van der Waals surface area contributed by atoms with Crippen LogP contribution in [0.2, 0.25) is 0 Å². The Labute approximate surface area is 142 Å². The van der Waals surface area contributed by atoms with Crippen LogP contribution in [0.15, 0.2) is 6.07 Å². The van der Waals surface area contributed by atoms with Crippen molar-refractivity contribution in [2.24, 2.45) is 0 Å². The molecule has 0 aliphatic carbocycles. The van der Waals surface area contributed by atoms with Crippen LogP contribution >= 0.6 is 0 Å². The largest absolute Gasteiger partial charge is 0.365 e. The molecule has 3 heterocycles. The quantitative estimate of drug-likeness (QED) is 0.834. The van der Waals surface area contributed by atoms with E-state index in [1.807, 2.05) is 17.7 Å². The number of rotatable bonds is 4. The average Bonchev–Trinajstić information content (AvgIpc) is 2.94. The summed E-state index contributed by atoms with van der Waals surface area (Å²) in [4.78, 5) is 12.4. The van der Waals surface area contributed by atoms with Gasteiger partial charge in [0.05, 0.1) is 37.3 Å². The molecule has 0 saturated carbocycles. The highest BCUT2D eigenvalue weighted by molar-refractivity contribution is 7.88. The van der Waals surface area contributed by atoms with Crippen molar-refractivity contribution in [2.45, 2.75) is 51.4 Å². The van der Waals surface area contributed by atoms with E-state index in [4.69, 9.17) is 4.74 Å². The van der Waals surface area contributed by atoms with Crippen LogP contribution in [-0.4, -0.2) is 53.4 Å². The van der Waals surface area contributed by atoms with Crippen molar-refractivity contribution in [3.63, 3.8) is 0 Å². The predicted molar refractivity (Wildman–Crippen MR) is 87.5 cm³/mol. The molecule has 134 valence electrons. The third-order valence-corrected chi connectivity index (χ3v) is 5.91. The summed E-state index contributed by atoms with van der Waals surface area (Å²) < 4.78 is 32.2. The van der Waals surface area contributed by atoms with Gasteiger partial charge in [-0.1, -0.05) is 0 Å². The lowest BCUT2D eigenvalue weighted by molar-refractivity contribution is -0.150. The summed E-state index contributed by atoms with van der Waals surface area (Å²) in [5, 5.41) is 7.33. The molecular weight excluding hydrogens is 332 g/mol. The predicted octanol–water partition coefficient (Wildman–Crippen LogP) is 0.234. The molecule has 1 N–H and O–H groups in total. The fourth-order valence-corrected chi connectivity index (χ4v) is 3.92. The number of aromatic nitrogens is 2. The smallest absolute Gasteiger partial charge is 0.252 e. The van der Waals surface area contributed by atoms with E-state index in [-0.39, 0.29) is 5.91 Å². The lowest BCUT2D eigenvalue weighted by atomic mass is 9.95. The Bertz CT molecular complexity index is 722. The van der Waals surface area contributed by atoms with Crippen LogP contribution in [0.1, 0.15) is 37.6 Å². The molecule has 0 spiro atoms. The fraction of sp³-hybridized carbons (Fsp3) is 0.733. The molecule has 0 aromatic carbocycles. The molecule has 1 saturated heterocycles. The highest BCUT2D eigenvalue weighted by Gasteiger charge is 2.35. The van der Waals surface area contributed by atoms with Crippen LogP contribution in [0.4, 0.5) is 0 Å². The van der Waals surface area contributed by atoms with Gasteiger partial charge in [0.25, 0.3) is 5.91 Å². The van der Waals surface area contributed by atoms with Gasteiger partial charge in [-0.2, -0.15) is 9.40 Å². The van der Waals surface area contributed by atoms with E-state index >= 15 is 0 Å². The summed E-state index contributed by atoms with van der Waals surface area (Å²) in [6.45, 7) is 4.02. The van der Waals surface area contributed by atoms with E-state index < -0.39 is 15.6 Å². The van der Waals surface area contributed by atoms with Crippen molar-refractivity contribution >= 4 is 15.9 Å². The number of nitrogens with zero attached hydrogens (tertiary/aromatic N) is 3. The molecule has 1 aromatic heterocycles. The van der Waals surface area contributed by atoms with Crippen molar-refractivity contribution in [3.8, 4) is 0 Å². The number of carbonyl (C=O) groups is 1. The maximum Gasteiger partial charge on any atom is 0.252 e. The zero-order valence-electron chi connectivity index (χ0n) is 14.1. The van der Waals surface area contributed by atoms with Crippen molar-refractivity contribution in [1.29, 1.82) is 0 Å². The zero-order valence-corrected chi connectivity index (χ0v) is 14.9. The van der Waals surface area contributed by atoms with E-state index in [0.29, 0.717) is 32.8 Å². The first kappa shape index (κ1) is 17.4. The van der Waals surface area contributed by atoms with Gasteiger partial charge in [0, 0.05) is 13.2 Å². The lowest BCUT2D eigenvalue weighted by Crippen LogP contribution is -2.48. The topological polar surface area (TPSA) is 93.5 Å². The molecule has 24 heavy (non-hydrogen) atoms. The Morgan fingerprint density at radius 2 is 2.21 bits per heavy atom. The third-order valence-electron chi connectivity index (χ3n) is 4.66. The number of amides is 1. The van der Waals surface area contributed by atoms with E-state index in [9.17, 15) is 13.2 Å². The summed E-state index contributed by atoms with van der Waals surface area (Å²) in [6, 6.07) is 1.85. The molecule has 8 nitrogen and oxygen atoms in total. The van der Waals surface area contributed by atoms with Gasteiger partial charge in [-0.05, 0) is 32.3 Å². The van der Waals surface area contributed by atoms with Crippen molar-refractivity contribution < 1.29 is 17.9 Å². The number of sulfonamides is 1. The maximum absolute atomic E-state index is 12.4. The second-order valence-electron chi connectivity index (χ2n) is 6.67. The van der Waals surface area contributed by atoms with Crippen LogP contribution in [0.25, 0.3) is 0 Å². The van der Waals surface area contributed by atoms with Gasteiger partial charge in [0.2, 0.25) is 10.0 Å².